The van der Waals surface area contributed by atoms with Gasteiger partial charge >= 0.3 is 0 Å². The summed E-state index contributed by atoms with van der Waals surface area (Å²) in [6.07, 6.45) is 0.740. The Morgan fingerprint density at radius 3 is 2.58 bits per heavy atom. The number of hydrogen-bond donors (Lipinski definition) is 1. The van der Waals surface area contributed by atoms with Crippen molar-refractivity contribution in [2.75, 3.05) is 39.5 Å². The molecule has 1 aromatic rings. The average Bonchev–Trinajstić information content (AvgIpc) is 3.07. The second-order valence-electron chi connectivity index (χ2n) is 5.36. The van der Waals surface area contributed by atoms with Gasteiger partial charge in [0.2, 0.25) is 29.1 Å². The van der Waals surface area contributed by atoms with E-state index in [9.17, 15) is 18.0 Å². The van der Waals surface area contributed by atoms with Gasteiger partial charge in [0.05, 0.1) is 11.4 Å². The van der Waals surface area contributed by atoms with Crippen molar-refractivity contribution in [1.29, 1.82) is 0 Å². The predicted molar refractivity (Wildman–Crippen MR) is 82.0 cm³/mol. The highest BCUT2D eigenvalue weighted by Crippen LogP contribution is 2.33. The van der Waals surface area contributed by atoms with Gasteiger partial charge in [-0.1, -0.05) is 0 Å². The van der Waals surface area contributed by atoms with Gasteiger partial charge in [-0.2, -0.15) is 0 Å². The van der Waals surface area contributed by atoms with Crippen LogP contribution in [0.1, 0.15) is 0 Å². The summed E-state index contributed by atoms with van der Waals surface area (Å²) in [6, 6.07) is 4.26. The van der Waals surface area contributed by atoms with E-state index in [1.165, 1.54) is 23.1 Å². The van der Waals surface area contributed by atoms with Crippen LogP contribution >= 0.6 is 0 Å². The molecule has 3 rings (SSSR count). The Bertz CT molecular complexity index is 743. The van der Waals surface area contributed by atoms with Crippen molar-refractivity contribution in [3.05, 3.63) is 18.2 Å². The molecule has 0 saturated carbocycles. The molecule has 0 aromatic heterocycles. The maximum absolute atomic E-state index is 12.3. The van der Waals surface area contributed by atoms with E-state index < -0.39 is 10.0 Å². The number of hydrogen-bond acceptors (Lipinski definition) is 6. The summed E-state index contributed by atoms with van der Waals surface area (Å²) in [4.78, 5) is 25.9. The number of amides is 2. The Kier molecular flexibility index (Phi) is 4.58. The number of carbonyl (C=O) groups is 2. The van der Waals surface area contributed by atoms with E-state index in [0.717, 1.165) is 6.41 Å². The summed E-state index contributed by atoms with van der Waals surface area (Å²) in [5.41, 5.74) is 0. The third-order valence-corrected chi connectivity index (χ3v) is 5.28. The van der Waals surface area contributed by atoms with Crippen LogP contribution in [0, 0.1) is 0 Å². The highest BCUT2D eigenvalue weighted by molar-refractivity contribution is 7.89. The van der Waals surface area contributed by atoms with Gasteiger partial charge in [0.1, 0.15) is 0 Å². The first kappa shape index (κ1) is 16.5. The summed E-state index contributed by atoms with van der Waals surface area (Å²) in [7, 11) is -3.83. The standard InChI is InChI=1S/C14H17N3O6S/c18-9-16-3-5-17(6-4-16)14(19)8-15-24(20,21)11-1-2-12-13(7-11)23-10-22-12/h1-2,7,9,15H,3-6,8,10H2. The van der Waals surface area contributed by atoms with Crippen LogP contribution in [0.3, 0.4) is 0 Å². The summed E-state index contributed by atoms with van der Waals surface area (Å²) >= 11 is 0. The predicted octanol–water partition coefficient (Wildman–Crippen LogP) is -1.01. The normalized spacial score (nSPS) is 17.0. The Morgan fingerprint density at radius 1 is 1.17 bits per heavy atom. The van der Waals surface area contributed by atoms with Crippen molar-refractivity contribution >= 4 is 22.3 Å². The second-order valence-corrected chi connectivity index (χ2v) is 7.13. The van der Waals surface area contributed by atoms with Crippen LogP contribution in [0.25, 0.3) is 0 Å². The summed E-state index contributed by atoms with van der Waals surface area (Å²) < 4.78 is 37.1. The molecule has 24 heavy (non-hydrogen) atoms. The molecule has 1 N–H and O–H groups in total. The van der Waals surface area contributed by atoms with E-state index in [4.69, 9.17) is 9.47 Å². The first-order valence-corrected chi connectivity index (χ1v) is 8.84. The lowest BCUT2D eigenvalue weighted by Crippen LogP contribution is -2.50. The molecule has 0 bridgehead atoms. The quantitative estimate of drug-likeness (QED) is 0.679. The Hall–Kier alpha value is -2.33. The van der Waals surface area contributed by atoms with Crippen LogP contribution in [0.2, 0.25) is 0 Å². The van der Waals surface area contributed by atoms with Crippen LogP contribution in [0.5, 0.6) is 11.5 Å². The smallest absolute Gasteiger partial charge is 0.241 e. The molecule has 2 aliphatic heterocycles. The number of carbonyl (C=O) groups excluding carboxylic acids is 2. The van der Waals surface area contributed by atoms with E-state index in [2.05, 4.69) is 4.72 Å². The molecule has 1 saturated heterocycles. The highest BCUT2D eigenvalue weighted by atomic mass is 32.2. The molecular weight excluding hydrogens is 338 g/mol. The lowest BCUT2D eigenvalue weighted by atomic mass is 10.3. The van der Waals surface area contributed by atoms with Gasteiger partial charge < -0.3 is 19.3 Å². The lowest BCUT2D eigenvalue weighted by molar-refractivity contribution is -0.134. The van der Waals surface area contributed by atoms with Gasteiger partial charge in [-0.15, -0.1) is 0 Å². The maximum atomic E-state index is 12.3. The molecule has 0 atom stereocenters. The zero-order valence-electron chi connectivity index (χ0n) is 12.8. The van der Waals surface area contributed by atoms with Gasteiger partial charge in [-0.3, -0.25) is 9.59 Å². The number of ether oxygens (including phenoxy) is 2. The van der Waals surface area contributed by atoms with Crippen molar-refractivity contribution < 1.29 is 27.5 Å². The van der Waals surface area contributed by atoms with Crippen LogP contribution in [0.15, 0.2) is 23.1 Å². The van der Waals surface area contributed by atoms with Crippen LogP contribution in [0.4, 0.5) is 0 Å². The van der Waals surface area contributed by atoms with E-state index in [0.29, 0.717) is 37.7 Å². The minimum absolute atomic E-state index is 0.00493. The van der Waals surface area contributed by atoms with Crippen molar-refractivity contribution in [2.24, 2.45) is 0 Å². The summed E-state index contributed by atoms with van der Waals surface area (Å²) in [5, 5.41) is 0. The van der Waals surface area contributed by atoms with Gasteiger partial charge in [0, 0.05) is 32.2 Å². The maximum Gasteiger partial charge on any atom is 0.241 e. The molecule has 130 valence electrons. The van der Waals surface area contributed by atoms with Crippen LogP contribution < -0.4 is 14.2 Å². The minimum Gasteiger partial charge on any atom is -0.454 e. The Morgan fingerprint density at radius 2 is 1.88 bits per heavy atom. The third kappa shape index (κ3) is 3.44. The Labute approximate surface area is 139 Å². The summed E-state index contributed by atoms with van der Waals surface area (Å²) in [6.45, 7) is 1.40. The van der Waals surface area contributed by atoms with Crippen molar-refractivity contribution in [3.8, 4) is 11.5 Å². The SMILES string of the molecule is O=CN1CCN(C(=O)CNS(=O)(=O)c2ccc3c(c2)OCO3)CC1. The number of fused-ring (bicyclic) bond motifs is 1. The fourth-order valence-corrected chi connectivity index (χ4v) is 3.46. The fourth-order valence-electron chi connectivity index (χ4n) is 2.47. The minimum atomic E-state index is -3.83. The topological polar surface area (TPSA) is 105 Å². The number of rotatable bonds is 5. The molecular formula is C14H17N3O6S. The number of benzene rings is 1. The fraction of sp³-hybridized carbons (Fsp3) is 0.429. The molecule has 0 aliphatic carbocycles. The number of piperazine rings is 1. The molecule has 0 unspecified atom stereocenters. The number of nitrogens with one attached hydrogen (secondary N) is 1. The van der Waals surface area contributed by atoms with Crippen molar-refractivity contribution in [1.82, 2.24) is 14.5 Å². The number of sulfonamides is 1. The molecule has 0 radical (unpaired) electrons. The van der Waals surface area contributed by atoms with Gasteiger partial charge in [0.15, 0.2) is 11.5 Å². The van der Waals surface area contributed by atoms with Gasteiger partial charge in [-0.25, -0.2) is 13.1 Å². The van der Waals surface area contributed by atoms with Crippen molar-refractivity contribution in [2.45, 2.75) is 4.90 Å². The zero-order valence-corrected chi connectivity index (χ0v) is 13.6. The molecule has 1 aromatic carbocycles. The summed E-state index contributed by atoms with van der Waals surface area (Å²) in [5.74, 6) is 0.511. The monoisotopic (exact) mass is 355 g/mol. The Balaban J connectivity index is 1.59. The third-order valence-electron chi connectivity index (χ3n) is 3.88. The van der Waals surface area contributed by atoms with Gasteiger partial charge in [0.25, 0.3) is 0 Å². The molecule has 2 aliphatic rings. The van der Waals surface area contributed by atoms with E-state index in [1.54, 1.807) is 4.90 Å². The molecule has 2 heterocycles. The van der Waals surface area contributed by atoms with Crippen LogP contribution in [-0.2, 0) is 19.6 Å². The average molecular weight is 355 g/mol. The lowest BCUT2D eigenvalue weighted by Gasteiger charge is -2.32. The largest absolute Gasteiger partial charge is 0.454 e. The molecule has 1 fully saturated rings. The van der Waals surface area contributed by atoms with E-state index in [1.807, 2.05) is 0 Å². The second kappa shape index (κ2) is 6.65. The van der Waals surface area contributed by atoms with E-state index in [-0.39, 0.29) is 24.1 Å². The van der Waals surface area contributed by atoms with Crippen molar-refractivity contribution in [3.63, 3.8) is 0 Å². The molecule has 0 spiro atoms. The zero-order chi connectivity index (χ0) is 17.2. The van der Waals surface area contributed by atoms with E-state index >= 15 is 0 Å². The first-order chi connectivity index (χ1) is 11.5. The number of nitrogens with zero attached hydrogens (tertiary/aromatic N) is 2. The van der Waals surface area contributed by atoms with Crippen LogP contribution in [-0.4, -0.2) is 70.1 Å². The van der Waals surface area contributed by atoms with Gasteiger partial charge in [-0.05, 0) is 12.1 Å². The molecule has 2 amide bonds. The highest BCUT2D eigenvalue weighted by Gasteiger charge is 2.24. The molecule has 9 nitrogen and oxygen atoms in total. The molecule has 10 heteroatoms. The first-order valence-electron chi connectivity index (χ1n) is 7.36.